The summed E-state index contributed by atoms with van der Waals surface area (Å²) >= 11 is 0. The first-order valence-electron chi connectivity index (χ1n) is 12.7. The number of carbonyl (C=O) groups is 4. The molecule has 208 valence electrons. The molecular weight excluding hydrogens is 472 g/mol. The molecule has 1 saturated carbocycles. The van der Waals surface area contributed by atoms with Gasteiger partial charge in [0.15, 0.2) is 0 Å². The SMILES string of the molecule is CCOCCOCCN(C)C(=O)CCC(NC(=O)C(CC1CCCCC1)NC(=O)O)C(=O)N(C)OC. The van der Waals surface area contributed by atoms with E-state index in [0.29, 0.717) is 39.4 Å². The van der Waals surface area contributed by atoms with Gasteiger partial charge in [0.1, 0.15) is 12.1 Å². The smallest absolute Gasteiger partial charge is 0.405 e. The summed E-state index contributed by atoms with van der Waals surface area (Å²) in [5.41, 5.74) is 0. The van der Waals surface area contributed by atoms with Crippen LogP contribution in [0.25, 0.3) is 0 Å². The quantitative estimate of drug-likeness (QED) is 0.194. The Morgan fingerprint density at radius 3 is 2.25 bits per heavy atom. The van der Waals surface area contributed by atoms with Crippen LogP contribution >= 0.6 is 0 Å². The van der Waals surface area contributed by atoms with Gasteiger partial charge in [-0.15, -0.1) is 0 Å². The third kappa shape index (κ3) is 12.5. The summed E-state index contributed by atoms with van der Waals surface area (Å²) in [4.78, 5) is 56.2. The van der Waals surface area contributed by atoms with Crippen LogP contribution in [-0.4, -0.2) is 105 Å². The number of rotatable bonds is 17. The normalized spacial score (nSPS) is 15.6. The summed E-state index contributed by atoms with van der Waals surface area (Å²) in [5.74, 6) is -1.09. The molecule has 0 bridgehead atoms. The maximum Gasteiger partial charge on any atom is 0.405 e. The highest BCUT2D eigenvalue weighted by atomic mass is 16.7. The topological polar surface area (TPSA) is 147 Å². The summed E-state index contributed by atoms with van der Waals surface area (Å²) in [5, 5.41) is 15.2. The number of nitrogens with zero attached hydrogens (tertiary/aromatic N) is 2. The Labute approximate surface area is 213 Å². The molecule has 0 heterocycles. The van der Waals surface area contributed by atoms with Crippen molar-refractivity contribution in [2.75, 3.05) is 54.2 Å². The second kappa shape index (κ2) is 17.9. The molecule has 2 unspecified atom stereocenters. The number of amides is 4. The van der Waals surface area contributed by atoms with Crippen LogP contribution in [0.15, 0.2) is 0 Å². The van der Waals surface area contributed by atoms with Crippen LogP contribution in [-0.2, 0) is 28.7 Å². The van der Waals surface area contributed by atoms with Gasteiger partial charge >= 0.3 is 6.09 Å². The summed E-state index contributed by atoms with van der Waals surface area (Å²) in [7, 11) is 4.37. The van der Waals surface area contributed by atoms with Crippen molar-refractivity contribution in [1.29, 1.82) is 0 Å². The lowest BCUT2D eigenvalue weighted by Gasteiger charge is -2.28. The van der Waals surface area contributed by atoms with E-state index in [0.717, 1.165) is 37.2 Å². The number of nitrogens with one attached hydrogen (secondary N) is 2. The lowest BCUT2D eigenvalue weighted by atomic mass is 9.84. The molecule has 0 aromatic rings. The van der Waals surface area contributed by atoms with Gasteiger partial charge in [0.2, 0.25) is 11.8 Å². The molecule has 0 saturated heterocycles. The lowest BCUT2D eigenvalue weighted by molar-refractivity contribution is -0.172. The van der Waals surface area contributed by atoms with E-state index in [9.17, 15) is 24.3 Å². The van der Waals surface area contributed by atoms with E-state index in [4.69, 9.17) is 14.3 Å². The molecule has 0 aromatic carbocycles. The number of hydroxylamine groups is 2. The van der Waals surface area contributed by atoms with Crippen molar-refractivity contribution in [3.05, 3.63) is 0 Å². The molecule has 2 atom stereocenters. The zero-order chi connectivity index (χ0) is 26.9. The highest BCUT2D eigenvalue weighted by Gasteiger charge is 2.31. The highest BCUT2D eigenvalue weighted by molar-refractivity contribution is 5.91. The minimum Gasteiger partial charge on any atom is -0.465 e. The Kier molecular flexibility index (Phi) is 15.7. The van der Waals surface area contributed by atoms with Crippen molar-refractivity contribution in [2.45, 2.75) is 70.4 Å². The first-order valence-corrected chi connectivity index (χ1v) is 12.7. The van der Waals surface area contributed by atoms with Crippen molar-refractivity contribution in [3.8, 4) is 0 Å². The molecule has 1 aliphatic rings. The van der Waals surface area contributed by atoms with E-state index in [1.165, 1.54) is 19.1 Å². The van der Waals surface area contributed by atoms with Gasteiger partial charge in [0.25, 0.3) is 5.91 Å². The molecule has 1 fully saturated rings. The lowest BCUT2D eigenvalue weighted by Crippen LogP contribution is -2.54. The summed E-state index contributed by atoms with van der Waals surface area (Å²) < 4.78 is 10.6. The predicted octanol–water partition coefficient (Wildman–Crippen LogP) is 1.39. The minimum absolute atomic E-state index is 0.00331. The first kappa shape index (κ1) is 31.6. The molecule has 4 amide bonds. The molecule has 12 nitrogen and oxygen atoms in total. The van der Waals surface area contributed by atoms with Crippen molar-refractivity contribution in [3.63, 3.8) is 0 Å². The van der Waals surface area contributed by atoms with E-state index in [2.05, 4.69) is 10.6 Å². The molecule has 0 aliphatic heterocycles. The average molecular weight is 517 g/mol. The summed E-state index contributed by atoms with van der Waals surface area (Å²) in [6, 6.07) is -2.03. The van der Waals surface area contributed by atoms with Crippen LogP contribution in [0, 0.1) is 5.92 Å². The molecule has 12 heteroatoms. The standard InChI is InChI=1S/C24H44N4O8/c1-5-35-15-16-36-14-13-27(2)21(29)12-11-19(23(31)28(3)34-4)25-22(30)20(26-24(32)33)17-18-9-7-6-8-10-18/h18-20,26H,5-17H2,1-4H3,(H,25,30)(H,32,33). The highest BCUT2D eigenvalue weighted by Crippen LogP contribution is 2.27. The number of hydrogen-bond donors (Lipinski definition) is 3. The van der Waals surface area contributed by atoms with E-state index in [-0.39, 0.29) is 24.7 Å². The third-order valence-electron chi connectivity index (χ3n) is 6.33. The summed E-state index contributed by atoms with van der Waals surface area (Å²) in [6.07, 6.45) is 4.23. The number of carbonyl (C=O) groups excluding carboxylic acids is 3. The maximum atomic E-state index is 13.0. The van der Waals surface area contributed by atoms with Crippen LogP contribution in [0.1, 0.15) is 58.3 Å². The van der Waals surface area contributed by atoms with Gasteiger partial charge in [-0.25, -0.2) is 9.86 Å². The monoisotopic (exact) mass is 516 g/mol. The molecule has 1 aliphatic carbocycles. The third-order valence-corrected chi connectivity index (χ3v) is 6.33. The van der Waals surface area contributed by atoms with E-state index < -0.39 is 30.0 Å². The maximum absolute atomic E-state index is 13.0. The minimum atomic E-state index is -1.30. The van der Waals surface area contributed by atoms with Crippen molar-refractivity contribution < 1.29 is 38.6 Å². The number of ether oxygens (including phenoxy) is 2. The zero-order valence-electron chi connectivity index (χ0n) is 22.1. The van der Waals surface area contributed by atoms with E-state index in [1.54, 1.807) is 7.05 Å². The van der Waals surface area contributed by atoms with Crippen molar-refractivity contribution in [2.24, 2.45) is 5.92 Å². The Balaban J connectivity index is 2.71. The van der Waals surface area contributed by atoms with E-state index >= 15 is 0 Å². The Morgan fingerprint density at radius 2 is 1.64 bits per heavy atom. The largest absolute Gasteiger partial charge is 0.465 e. The van der Waals surface area contributed by atoms with Gasteiger partial charge in [-0.1, -0.05) is 32.1 Å². The first-order chi connectivity index (χ1) is 17.2. The van der Waals surface area contributed by atoms with Gasteiger partial charge in [0, 0.05) is 33.7 Å². The van der Waals surface area contributed by atoms with Gasteiger partial charge < -0.3 is 30.1 Å². The van der Waals surface area contributed by atoms with Crippen molar-refractivity contribution >= 4 is 23.8 Å². The molecule has 0 radical (unpaired) electrons. The predicted molar refractivity (Wildman–Crippen MR) is 132 cm³/mol. The molecular formula is C24H44N4O8. The van der Waals surface area contributed by atoms with Crippen LogP contribution in [0.5, 0.6) is 0 Å². The average Bonchev–Trinajstić information content (AvgIpc) is 2.87. The van der Waals surface area contributed by atoms with Crippen LogP contribution in [0.4, 0.5) is 4.79 Å². The zero-order valence-corrected chi connectivity index (χ0v) is 22.1. The fourth-order valence-corrected chi connectivity index (χ4v) is 4.12. The fraction of sp³-hybridized carbons (Fsp3) is 0.833. The molecule has 3 N–H and O–H groups in total. The molecule has 0 spiro atoms. The van der Waals surface area contributed by atoms with Gasteiger partial charge in [-0.2, -0.15) is 0 Å². The summed E-state index contributed by atoms with van der Waals surface area (Å²) in [6.45, 7) is 4.17. The molecule has 1 rings (SSSR count). The number of likely N-dealkylation sites (N-methyl/N-ethyl adjacent to an activating group) is 2. The van der Waals surface area contributed by atoms with Crippen LogP contribution in [0.3, 0.4) is 0 Å². The Bertz CT molecular complexity index is 687. The molecule has 36 heavy (non-hydrogen) atoms. The second-order valence-electron chi connectivity index (χ2n) is 8.98. The van der Waals surface area contributed by atoms with E-state index in [1.807, 2.05) is 6.92 Å². The molecule has 0 aromatic heterocycles. The van der Waals surface area contributed by atoms with Crippen LogP contribution in [0.2, 0.25) is 0 Å². The Morgan fingerprint density at radius 1 is 0.972 bits per heavy atom. The Hall–Kier alpha value is -2.44. The van der Waals surface area contributed by atoms with Gasteiger partial charge in [0.05, 0.1) is 26.9 Å². The number of hydrogen-bond acceptors (Lipinski definition) is 7. The van der Waals surface area contributed by atoms with Gasteiger partial charge in [-0.05, 0) is 25.7 Å². The second-order valence-corrected chi connectivity index (χ2v) is 8.98. The van der Waals surface area contributed by atoms with Crippen LogP contribution < -0.4 is 10.6 Å². The fourth-order valence-electron chi connectivity index (χ4n) is 4.12. The van der Waals surface area contributed by atoms with Crippen molar-refractivity contribution in [1.82, 2.24) is 20.6 Å². The van der Waals surface area contributed by atoms with Gasteiger partial charge in [-0.3, -0.25) is 19.2 Å². The number of carboxylic acid groups (broad SMARTS) is 1.